The quantitative estimate of drug-likeness (QED) is 0.594. The predicted molar refractivity (Wildman–Crippen MR) is 106 cm³/mol. The van der Waals surface area contributed by atoms with E-state index in [0.29, 0.717) is 24.7 Å². The minimum atomic E-state index is -3.44. The first-order valence-corrected chi connectivity index (χ1v) is 10.7. The van der Waals surface area contributed by atoms with Gasteiger partial charge in [-0.1, -0.05) is 48.9 Å². The molecule has 0 amide bonds. The van der Waals surface area contributed by atoms with Crippen molar-refractivity contribution in [3.63, 3.8) is 0 Å². The van der Waals surface area contributed by atoms with Crippen LogP contribution in [-0.4, -0.2) is 45.2 Å². The molecule has 2 aromatic carbocycles. The Morgan fingerprint density at radius 3 is 2.33 bits per heavy atom. The minimum absolute atomic E-state index is 0.0463. The van der Waals surface area contributed by atoms with E-state index in [1.54, 1.807) is 19.1 Å². The number of nitrogens with zero attached hydrogens (tertiary/aromatic N) is 1. The van der Waals surface area contributed by atoms with Gasteiger partial charge in [-0.05, 0) is 29.8 Å². The molecule has 5 nitrogen and oxygen atoms in total. The van der Waals surface area contributed by atoms with Gasteiger partial charge in [0.1, 0.15) is 0 Å². The maximum atomic E-state index is 12.6. The van der Waals surface area contributed by atoms with Gasteiger partial charge < -0.3 is 4.74 Å². The molecule has 146 valence electrons. The molecule has 0 aliphatic heterocycles. The molecular weight excluding hydrogens is 386 g/mol. The van der Waals surface area contributed by atoms with Gasteiger partial charge in [-0.3, -0.25) is 9.69 Å². The van der Waals surface area contributed by atoms with Crippen LogP contribution in [-0.2, 0) is 25.9 Å². The van der Waals surface area contributed by atoms with Gasteiger partial charge in [0.15, 0.2) is 9.84 Å². The third-order valence-corrected chi connectivity index (χ3v) is 6.20. The Morgan fingerprint density at radius 2 is 1.74 bits per heavy atom. The molecule has 0 spiro atoms. The highest BCUT2D eigenvalue weighted by molar-refractivity contribution is 7.91. The van der Waals surface area contributed by atoms with Crippen molar-refractivity contribution in [1.82, 2.24) is 4.90 Å². The predicted octanol–water partition coefficient (Wildman–Crippen LogP) is 3.43. The van der Waals surface area contributed by atoms with E-state index >= 15 is 0 Å². The summed E-state index contributed by atoms with van der Waals surface area (Å²) < 4.78 is 30.0. The minimum Gasteiger partial charge on any atom is -0.469 e. The summed E-state index contributed by atoms with van der Waals surface area (Å²) in [6, 6.07) is 15.9. The van der Waals surface area contributed by atoms with Gasteiger partial charge >= 0.3 is 5.97 Å². The highest BCUT2D eigenvalue weighted by atomic mass is 35.5. The number of halogens is 1. The van der Waals surface area contributed by atoms with E-state index < -0.39 is 9.84 Å². The van der Waals surface area contributed by atoms with Gasteiger partial charge in [0.25, 0.3) is 0 Å². The lowest BCUT2D eigenvalue weighted by Gasteiger charge is -2.25. The molecule has 0 saturated carbocycles. The standard InChI is InChI=1S/C20H24ClNO4S/c1-16(20(23)26-2)14-22(15-17-6-4-3-5-7-17)12-13-27(24,25)19-10-8-18(21)9-11-19/h3-11,16H,12-15H2,1-2H3. The summed E-state index contributed by atoms with van der Waals surface area (Å²) in [6.45, 7) is 3.05. The van der Waals surface area contributed by atoms with Gasteiger partial charge in [-0.15, -0.1) is 0 Å². The zero-order valence-electron chi connectivity index (χ0n) is 15.5. The summed E-state index contributed by atoms with van der Waals surface area (Å²) in [5.74, 6) is -0.708. The number of rotatable bonds is 9. The molecule has 27 heavy (non-hydrogen) atoms. The molecule has 7 heteroatoms. The van der Waals surface area contributed by atoms with Gasteiger partial charge in [-0.25, -0.2) is 8.42 Å². The number of hydrogen-bond acceptors (Lipinski definition) is 5. The third kappa shape index (κ3) is 6.65. The summed E-state index contributed by atoms with van der Waals surface area (Å²) >= 11 is 5.83. The van der Waals surface area contributed by atoms with Crippen LogP contribution in [0.3, 0.4) is 0 Å². The van der Waals surface area contributed by atoms with Crippen molar-refractivity contribution in [1.29, 1.82) is 0 Å². The van der Waals surface area contributed by atoms with Crippen molar-refractivity contribution in [2.45, 2.75) is 18.4 Å². The molecule has 0 aliphatic rings. The van der Waals surface area contributed by atoms with Crippen LogP contribution in [0.4, 0.5) is 0 Å². The summed E-state index contributed by atoms with van der Waals surface area (Å²) in [6.07, 6.45) is 0. The summed E-state index contributed by atoms with van der Waals surface area (Å²) in [4.78, 5) is 14.0. The topological polar surface area (TPSA) is 63.7 Å². The van der Waals surface area contributed by atoms with Gasteiger partial charge in [0, 0.05) is 24.7 Å². The van der Waals surface area contributed by atoms with Crippen LogP contribution < -0.4 is 0 Å². The van der Waals surface area contributed by atoms with Crippen molar-refractivity contribution in [3.8, 4) is 0 Å². The first-order valence-electron chi connectivity index (χ1n) is 8.64. The molecule has 0 aliphatic carbocycles. The number of carbonyl (C=O) groups excluding carboxylic acids is 1. The molecular formula is C20H24ClNO4S. The van der Waals surface area contributed by atoms with E-state index in [-0.39, 0.29) is 22.5 Å². The van der Waals surface area contributed by atoms with Crippen LogP contribution in [0.5, 0.6) is 0 Å². The maximum Gasteiger partial charge on any atom is 0.309 e. The fourth-order valence-electron chi connectivity index (χ4n) is 2.75. The van der Waals surface area contributed by atoms with E-state index in [9.17, 15) is 13.2 Å². The van der Waals surface area contributed by atoms with Gasteiger partial charge in [-0.2, -0.15) is 0 Å². The molecule has 0 heterocycles. The second-order valence-corrected chi connectivity index (χ2v) is 8.96. The molecule has 2 aromatic rings. The van der Waals surface area contributed by atoms with Gasteiger partial charge in [0.05, 0.1) is 23.7 Å². The molecule has 0 fully saturated rings. The van der Waals surface area contributed by atoms with Crippen molar-refractivity contribution in [2.75, 3.05) is 26.0 Å². The molecule has 0 aromatic heterocycles. The Labute approximate surface area is 165 Å². The lowest BCUT2D eigenvalue weighted by Crippen LogP contribution is -2.35. The van der Waals surface area contributed by atoms with Crippen LogP contribution >= 0.6 is 11.6 Å². The van der Waals surface area contributed by atoms with Crippen LogP contribution in [0.1, 0.15) is 12.5 Å². The van der Waals surface area contributed by atoms with E-state index in [1.165, 1.54) is 19.2 Å². The molecule has 1 unspecified atom stereocenters. The van der Waals surface area contributed by atoms with Crippen molar-refractivity contribution in [2.24, 2.45) is 5.92 Å². The van der Waals surface area contributed by atoms with E-state index in [2.05, 4.69) is 0 Å². The van der Waals surface area contributed by atoms with E-state index in [1.807, 2.05) is 35.2 Å². The van der Waals surface area contributed by atoms with E-state index in [4.69, 9.17) is 16.3 Å². The Balaban J connectivity index is 2.10. The average molecular weight is 410 g/mol. The smallest absolute Gasteiger partial charge is 0.309 e. The second-order valence-electron chi connectivity index (χ2n) is 6.42. The number of methoxy groups -OCH3 is 1. The number of esters is 1. The van der Waals surface area contributed by atoms with Crippen LogP contribution in [0, 0.1) is 5.92 Å². The highest BCUT2D eigenvalue weighted by Gasteiger charge is 2.21. The molecule has 0 bridgehead atoms. The van der Waals surface area contributed by atoms with Crippen LogP contribution in [0.25, 0.3) is 0 Å². The Bertz CT molecular complexity index is 838. The fraction of sp³-hybridized carbons (Fsp3) is 0.350. The SMILES string of the molecule is COC(=O)C(C)CN(CCS(=O)(=O)c1ccc(Cl)cc1)Cc1ccccc1. The van der Waals surface area contributed by atoms with Crippen LogP contribution in [0.2, 0.25) is 5.02 Å². The van der Waals surface area contributed by atoms with Crippen LogP contribution in [0.15, 0.2) is 59.5 Å². The molecule has 2 rings (SSSR count). The lowest BCUT2D eigenvalue weighted by molar-refractivity contribution is -0.145. The second kappa shape index (κ2) is 9.88. The average Bonchev–Trinajstić information content (AvgIpc) is 2.66. The monoisotopic (exact) mass is 409 g/mol. The normalized spacial score (nSPS) is 12.7. The first kappa shape index (κ1) is 21.4. The zero-order chi connectivity index (χ0) is 19.9. The molecule has 0 saturated heterocycles. The Kier molecular flexibility index (Phi) is 7.83. The molecule has 0 N–H and O–H groups in total. The Hall–Kier alpha value is -1.89. The van der Waals surface area contributed by atoms with Crippen molar-refractivity contribution >= 4 is 27.4 Å². The number of ether oxygens (including phenoxy) is 1. The first-order chi connectivity index (χ1) is 12.8. The molecule has 1 atom stereocenters. The zero-order valence-corrected chi connectivity index (χ0v) is 17.0. The summed E-state index contributed by atoms with van der Waals surface area (Å²) in [5, 5.41) is 0.492. The number of sulfone groups is 1. The maximum absolute atomic E-state index is 12.6. The van der Waals surface area contributed by atoms with Gasteiger partial charge in [0.2, 0.25) is 0 Å². The van der Waals surface area contributed by atoms with Crippen molar-refractivity contribution < 1.29 is 17.9 Å². The van der Waals surface area contributed by atoms with E-state index in [0.717, 1.165) is 5.56 Å². The largest absolute Gasteiger partial charge is 0.469 e. The number of benzene rings is 2. The third-order valence-electron chi connectivity index (χ3n) is 4.23. The Morgan fingerprint density at radius 1 is 1.11 bits per heavy atom. The highest BCUT2D eigenvalue weighted by Crippen LogP contribution is 2.16. The lowest BCUT2D eigenvalue weighted by atomic mass is 10.1. The molecule has 0 radical (unpaired) electrons. The summed E-state index contributed by atoms with van der Waals surface area (Å²) in [7, 11) is -2.09. The number of hydrogen-bond donors (Lipinski definition) is 0. The summed E-state index contributed by atoms with van der Waals surface area (Å²) in [5.41, 5.74) is 1.05. The number of carbonyl (C=O) groups is 1. The fourth-order valence-corrected chi connectivity index (χ4v) is 4.16. The van der Waals surface area contributed by atoms with Crippen molar-refractivity contribution in [3.05, 3.63) is 65.2 Å².